The minimum absolute atomic E-state index is 0.150. The molecule has 37 heavy (non-hydrogen) atoms. The van der Waals surface area contributed by atoms with Gasteiger partial charge in [-0.3, -0.25) is 19.4 Å². The van der Waals surface area contributed by atoms with Crippen molar-refractivity contribution in [3.8, 4) is 5.75 Å². The number of phenols is 1. The fourth-order valence-electron chi connectivity index (χ4n) is 4.46. The highest BCUT2D eigenvalue weighted by atomic mass is 16.3. The predicted molar refractivity (Wildman–Crippen MR) is 150 cm³/mol. The molecule has 0 saturated heterocycles. The van der Waals surface area contributed by atoms with Crippen LogP contribution < -0.4 is 9.80 Å². The second-order valence-corrected chi connectivity index (χ2v) is 9.85. The molecule has 0 atom stereocenters. The van der Waals surface area contributed by atoms with Crippen molar-refractivity contribution in [2.45, 2.75) is 39.5 Å². The van der Waals surface area contributed by atoms with Crippen molar-refractivity contribution in [3.05, 3.63) is 114 Å². The summed E-state index contributed by atoms with van der Waals surface area (Å²) in [6, 6.07) is 31.0. The maximum absolute atomic E-state index is 14.1. The summed E-state index contributed by atoms with van der Waals surface area (Å²) >= 11 is 0. The second-order valence-electron chi connectivity index (χ2n) is 9.85. The van der Waals surface area contributed by atoms with E-state index in [0.29, 0.717) is 34.7 Å². The van der Waals surface area contributed by atoms with E-state index < -0.39 is 11.8 Å². The number of amides is 2. The summed E-state index contributed by atoms with van der Waals surface area (Å²) in [7, 11) is 0. The summed E-state index contributed by atoms with van der Waals surface area (Å²) in [5, 5.41) is 11.3. The Labute approximate surface area is 218 Å². The molecule has 0 saturated carbocycles. The standard InChI is InChI=1S/C32H32N2O3/c1-5-26-28(22-21-27(29(26)35)32(2,3)4)34(25-19-13-8-14-20-25)31(37)30(36)33(23-15-9-6-10-16-23)24-17-11-7-12-18-24/h6-22,35H,5H2,1-4H3. The lowest BCUT2D eigenvalue weighted by Gasteiger charge is -2.30. The number of carbonyl (C=O) groups is 2. The zero-order valence-electron chi connectivity index (χ0n) is 21.7. The highest BCUT2D eigenvalue weighted by Gasteiger charge is 2.33. The van der Waals surface area contributed by atoms with Crippen LogP contribution >= 0.6 is 0 Å². The van der Waals surface area contributed by atoms with E-state index in [2.05, 4.69) is 0 Å². The summed E-state index contributed by atoms with van der Waals surface area (Å²) in [6.07, 6.45) is 0.483. The van der Waals surface area contributed by atoms with Crippen LogP contribution in [0.5, 0.6) is 5.75 Å². The first-order valence-corrected chi connectivity index (χ1v) is 12.4. The minimum Gasteiger partial charge on any atom is -0.507 e. The van der Waals surface area contributed by atoms with Gasteiger partial charge in [-0.25, -0.2) is 0 Å². The monoisotopic (exact) mass is 492 g/mol. The average Bonchev–Trinajstić information content (AvgIpc) is 2.90. The molecule has 0 spiro atoms. The number of rotatable bonds is 5. The number of phenolic OH excluding ortho intramolecular Hbond substituents is 1. The van der Waals surface area contributed by atoms with Crippen LogP contribution in [0.25, 0.3) is 0 Å². The van der Waals surface area contributed by atoms with Crippen molar-refractivity contribution >= 4 is 34.6 Å². The normalized spacial score (nSPS) is 11.1. The number of hydrogen-bond donors (Lipinski definition) is 1. The third kappa shape index (κ3) is 5.26. The Balaban J connectivity index is 1.88. The maximum atomic E-state index is 14.1. The summed E-state index contributed by atoms with van der Waals surface area (Å²) < 4.78 is 0. The van der Waals surface area contributed by atoms with Crippen molar-refractivity contribution < 1.29 is 14.7 Å². The number of para-hydroxylation sites is 3. The molecule has 4 rings (SSSR count). The Morgan fingerprint density at radius 3 is 1.46 bits per heavy atom. The lowest BCUT2D eigenvalue weighted by molar-refractivity contribution is -0.135. The van der Waals surface area contributed by atoms with Crippen molar-refractivity contribution in [2.75, 3.05) is 9.80 Å². The van der Waals surface area contributed by atoms with E-state index >= 15 is 0 Å². The SMILES string of the molecule is CCc1c(N(C(=O)C(=O)N(c2ccccc2)c2ccccc2)c2ccccc2)ccc(C(C)(C)C)c1O. The van der Waals surface area contributed by atoms with Crippen LogP contribution in [0.1, 0.15) is 38.8 Å². The third-order valence-corrected chi connectivity index (χ3v) is 6.29. The largest absolute Gasteiger partial charge is 0.507 e. The first kappa shape index (κ1) is 25.7. The smallest absolute Gasteiger partial charge is 0.321 e. The van der Waals surface area contributed by atoms with Crippen molar-refractivity contribution in [1.29, 1.82) is 0 Å². The number of aromatic hydroxyl groups is 1. The Kier molecular flexibility index (Phi) is 7.44. The molecule has 0 aliphatic heterocycles. The molecule has 188 valence electrons. The topological polar surface area (TPSA) is 60.9 Å². The first-order valence-electron chi connectivity index (χ1n) is 12.4. The van der Waals surface area contributed by atoms with Crippen molar-refractivity contribution in [3.63, 3.8) is 0 Å². The molecule has 0 aromatic heterocycles. The third-order valence-electron chi connectivity index (χ3n) is 6.29. The Bertz CT molecular complexity index is 1340. The number of hydrogen-bond acceptors (Lipinski definition) is 3. The van der Waals surface area contributed by atoms with Gasteiger partial charge in [0, 0.05) is 22.6 Å². The van der Waals surface area contributed by atoms with Gasteiger partial charge in [-0.15, -0.1) is 0 Å². The van der Waals surface area contributed by atoms with Gasteiger partial charge in [-0.1, -0.05) is 88.4 Å². The molecule has 0 fully saturated rings. The van der Waals surface area contributed by atoms with E-state index in [9.17, 15) is 14.7 Å². The van der Waals surface area contributed by atoms with Crippen LogP contribution in [0.3, 0.4) is 0 Å². The molecule has 0 radical (unpaired) electrons. The van der Waals surface area contributed by atoms with E-state index in [1.807, 2.05) is 94.4 Å². The summed E-state index contributed by atoms with van der Waals surface area (Å²) in [4.78, 5) is 31.0. The van der Waals surface area contributed by atoms with E-state index in [4.69, 9.17) is 0 Å². The highest BCUT2D eigenvalue weighted by Crippen LogP contribution is 2.41. The molecule has 4 aromatic rings. The van der Waals surface area contributed by atoms with Gasteiger partial charge >= 0.3 is 11.8 Å². The quantitative estimate of drug-likeness (QED) is 0.298. The van der Waals surface area contributed by atoms with Crippen LogP contribution in [0.2, 0.25) is 0 Å². The Morgan fingerprint density at radius 1 is 0.649 bits per heavy atom. The van der Waals surface area contributed by atoms with E-state index in [1.54, 1.807) is 36.4 Å². The molecule has 0 aliphatic rings. The fourth-order valence-corrected chi connectivity index (χ4v) is 4.46. The van der Waals surface area contributed by atoms with Crippen molar-refractivity contribution in [1.82, 2.24) is 0 Å². The Morgan fingerprint density at radius 2 is 1.05 bits per heavy atom. The van der Waals surface area contributed by atoms with Gasteiger partial charge in [0.05, 0.1) is 5.69 Å². The molecule has 2 amide bonds. The van der Waals surface area contributed by atoms with Gasteiger partial charge in [0.15, 0.2) is 0 Å². The van der Waals surface area contributed by atoms with E-state index in [1.165, 1.54) is 9.80 Å². The van der Waals surface area contributed by atoms with Gasteiger partial charge < -0.3 is 5.11 Å². The van der Waals surface area contributed by atoms with Crippen LogP contribution in [-0.4, -0.2) is 16.9 Å². The number of nitrogens with zero attached hydrogens (tertiary/aromatic N) is 2. The van der Waals surface area contributed by atoms with Gasteiger partial charge in [0.1, 0.15) is 5.75 Å². The van der Waals surface area contributed by atoms with Gasteiger partial charge in [-0.05, 0) is 59.9 Å². The first-order chi connectivity index (χ1) is 17.7. The molecule has 5 heteroatoms. The molecule has 1 N–H and O–H groups in total. The minimum atomic E-state index is -0.725. The van der Waals surface area contributed by atoms with Crippen LogP contribution in [-0.2, 0) is 21.4 Å². The van der Waals surface area contributed by atoms with Crippen LogP contribution in [0.4, 0.5) is 22.7 Å². The van der Waals surface area contributed by atoms with Crippen molar-refractivity contribution in [2.24, 2.45) is 0 Å². The second kappa shape index (κ2) is 10.7. The molecule has 0 unspecified atom stereocenters. The summed E-state index contributed by atoms with van der Waals surface area (Å²) in [6.45, 7) is 8.02. The summed E-state index contributed by atoms with van der Waals surface area (Å²) in [5.74, 6) is -1.28. The molecule has 0 bridgehead atoms. The number of carbonyl (C=O) groups excluding carboxylic acids is 2. The highest BCUT2D eigenvalue weighted by molar-refractivity contribution is 6.47. The van der Waals surface area contributed by atoms with E-state index in [0.717, 1.165) is 5.56 Å². The molecular formula is C32H32N2O3. The molecular weight excluding hydrogens is 460 g/mol. The Hall–Kier alpha value is -4.38. The zero-order valence-corrected chi connectivity index (χ0v) is 21.7. The van der Waals surface area contributed by atoms with Crippen LogP contribution in [0.15, 0.2) is 103 Å². The molecule has 4 aromatic carbocycles. The van der Waals surface area contributed by atoms with Gasteiger partial charge in [0.25, 0.3) is 0 Å². The zero-order chi connectivity index (χ0) is 26.6. The van der Waals surface area contributed by atoms with Gasteiger partial charge in [-0.2, -0.15) is 0 Å². The predicted octanol–water partition coefficient (Wildman–Crippen LogP) is 7.28. The van der Waals surface area contributed by atoms with E-state index in [-0.39, 0.29) is 11.2 Å². The maximum Gasteiger partial charge on any atom is 0.321 e. The molecule has 0 heterocycles. The lowest BCUT2D eigenvalue weighted by Crippen LogP contribution is -2.42. The summed E-state index contributed by atoms with van der Waals surface area (Å²) in [5.41, 5.74) is 3.31. The lowest BCUT2D eigenvalue weighted by atomic mass is 9.84. The van der Waals surface area contributed by atoms with Crippen LogP contribution in [0, 0.1) is 0 Å². The molecule has 0 aliphatic carbocycles. The van der Waals surface area contributed by atoms with Gasteiger partial charge in [0.2, 0.25) is 0 Å². The fraction of sp³-hybridized carbons (Fsp3) is 0.188. The number of anilines is 4. The molecule has 5 nitrogen and oxygen atoms in total. The average molecular weight is 493 g/mol. The number of benzene rings is 4.